The summed E-state index contributed by atoms with van der Waals surface area (Å²) in [5.41, 5.74) is 9.70. The molecule has 1 aromatic carbocycles. The van der Waals surface area contributed by atoms with Gasteiger partial charge in [0.05, 0.1) is 18.3 Å². The molecule has 0 unspecified atom stereocenters. The second-order valence-electron chi connectivity index (χ2n) is 6.82. The molecule has 0 spiro atoms. The van der Waals surface area contributed by atoms with Crippen LogP contribution in [-0.2, 0) is 12.8 Å². The number of pyridine rings is 1. The average molecular weight is 444 g/mol. The molecule has 0 aliphatic carbocycles. The summed E-state index contributed by atoms with van der Waals surface area (Å²) in [6.07, 6.45) is -1.91. The van der Waals surface area contributed by atoms with Crippen molar-refractivity contribution in [3.8, 4) is 0 Å². The third kappa shape index (κ3) is 4.28. The lowest BCUT2D eigenvalue weighted by Gasteiger charge is -2.42. The molecule has 1 aromatic heterocycles. The van der Waals surface area contributed by atoms with Crippen LogP contribution >= 0.6 is 15.9 Å². The molecule has 0 radical (unpaired) electrons. The number of nitrogens with zero attached hydrogens (tertiary/aromatic N) is 2. The number of aliphatic hydroxyl groups is 1. The number of aromatic nitrogens is 1. The fraction of sp³-hybridized carbons (Fsp3) is 0.421. The van der Waals surface area contributed by atoms with Gasteiger partial charge in [0, 0.05) is 29.0 Å². The van der Waals surface area contributed by atoms with Gasteiger partial charge in [0.1, 0.15) is 0 Å². The van der Waals surface area contributed by atoms with Gasteiger partial charge < -0.3 is 10.8 Å². The molecule has 3 rings (SSSR count). The molecule has 3 N–H and O–H groups in total. The number of hydrogen-bond acceptors (Lipinski definition) is 4. The average Bonchev–Trinajstić information content (AvgIpc) is 2.59. The van der Waals surface area contributed by atoms with Crippen molar-refractivity contribution < 1.29 is 18.3 Å². The molecule has 1 aliphatic heterocycles. The second kappa shape index (κ2) is 7.77. The van der Waals surface area contributed by atoms with Gasteiger partial charge in [-0.15, -0.1) is 0 Å². The van der Waals surface area contributed by atoms with Crippen molar-refractivity contribution in [1.29, 1.82) is 0 Å². The van der Waals surface area contributed by atoms with E-state index in [2.05, 4.69) is 20.9 Å². The Balaban J connectivity index is 2.17. The Bertz CT molecular complexity index is 811. The van der Waals surface area contributed by atoms with Gasteiger partial charge in [-0.25, -0.2) is 0 Å². The number of rotatable bonds is 4. The van der Waals surface area contributed by atoms with Crippen LogP contribution in [0.3, 0.4) is 0 Å². The first-order chi connectivity index (χ1) is 12.7. The number of fused-ring (bicyclic) bond motifs is 1. The third-order valence-corrected chi connectivity index (χ3v) is 5.42. The van der Waals surface area contributed by atoms with Crippen LogP contribution in [0.1, 0.15) is 35.3 Å². The van der Waals surface area contributed by atoms with E-state index in [9.17, 15) is 18.3 Å². The zero-order valence-electron chi connectivity index (χ0n) is 14.8. The lowest BCUT2D eigenvalue weighted by Crippen LogP contribution is -2.47. The Kier molecular flexibility index (Phi) is 5.79. The molecule has 0 amide bonds. The van der Waals surface area contributed by atoms with Crippen LogP contribution in [0.5, 0.6) is 0 Å². The highest BCUT2D eigenvalue weighted by atomic mass is 79.9. The molecule has 0 saturated carbocycles. The third-order valence-electron chi connectivity index (χ3n) is 4.95. The van der Waals surface area contributed by atoms with Crippen LogP contribution in [0.25, 0.3) is 0 Å². The molecule has 2 atom stereocenters. The summed E-state index contributed by atoms with van der Waals surface area (Å²) in [5.74, 6) is 0. The van der Waals surface area contributed by atoms with Gasteiger partial charge in [0.25, 0.3) is 0 Å². The first kappa shape index (κ1) is 20.1. The molecule has 2 aromatic rings. The number of benzene rings is 1. The minimum absolute atomic E-state index is 0.0670. The SMILES string of the molecule is C[C@@H]1Cc2c(ccc(N)c2CCO)[C@@H](c2ccc(Br)cn2)N1CC(F)(F)F. The number of alkyl halides is 3. The van der Waals surface area contributed by atoms with Crippen molar-refractivity contribution in [3.63, 3.8) is 0 Å². The van der Waals surface area contributed by atoms with Crippen molar-refractivity contribution in [3.05, 3.63) is 57.3 Å². The van der Waals surface area contributed by atoms with E-state index >= 15 is 0 Å². The number of anilines is 1. The first-order valence-electron chi connectivity index (χ1n) is 8.66. The monoisotopic (exact) mass is 443 g/mol. The normalized spacial score (nSPS) is 20.5. The van der Waals surface area contributed by atoms with Crippen molar-refractivity contribution >= 4 is 21.6 Å². The standard InChI is InChI=1S/C19H21BrF3N3O/c1-11-8-15-13(6-7-27)16(24)4-3-14(15)18(26(11)10-19(21,22)23)17-5-2-12(20)9-25-17/h2-5,9,11,18,27H,6-8,10,24H2,1H3/t11-,18+/m1/s1. The lowest BCUT2D eigenvalue weighted by molar-refractivity contribution is -0.155. The van der Waals surface area contributed by atoms with Gasteiger partial charge in [0.15, 0.2) is 0 Å². The minimum Gasteiger partial charge on any atom is -0.398 e. The molecule has 8 heteroatoms. The molecule has 27 heavy (non-hydrogen) atoms. The highest BCUT2D eigenvalue weighted by Crippen LogP contribution is 2.41. The molecule has 0 saturated heterocycles. The predicted molar refractivity (Wildman–Crippen MR) is 101 cm³/mol. The summed E-state index contributed by atoms with van der Waals surface area (Å²) in [7, 11) is 0. The molecule has 1 aliphatic rings. The minimum atomic E-state index is -4.32. The van der Waals surface area contributed by atoms with Gasteiger partial charge >= 0.3 is 6.18 Å². The van der Waals surface area contributed by atoms with E-state index in [4.69, 9.17) is 5.73 Å². The maximum atomic E-state index is 13.3. The van der Waals surface area contributed by atoms with Crippen LogP contribution in [-0.4, -0.2) is 40.4 Å². The Hall–Kier alpha value is -1.64. The first-order valence-corrected chi connectivity index (χ1v) is 9.45. The van der Waals surface area contributed by atoms with Gasteiger partial charge in [-0.1, -0.05) is 6.07 Å². The maximum Gasteiger partial charge on any atom is 0.401 e. The fourth-order valence-corrected chi connectivity index (χ4v) is 4.05. The Labute approximate surface area is 164 Å². The van der Waals surface area contributed by atoms with E-state index in [0.29, 0.717) is 24.2 Å². The van der Waals surface area contributed by atoms with Crippen LogP contribution in [0.15, 0.2) is 34.9 Å². The summed E-state index contributed by atoms with van der Waals surface area (Å²) in [6.45, 7) is 0.699. The van der Waals surface area contributed by atoms with Crippen LogP contribution < -0.4 is 5.73 Å². The van der Waals surface area contributed by atoms with Crippen LogP contribution in [0.4, 0.5) is 18.9 Å². The summed E-state index contributed by atoms with van der Waals surface area (Å²) in [4.78, 5) is 5.82. The second-order valence-corrected chi connectivity index (χ2v) is 7.73. The van der Waals surface area contributed by atoms with E-state index in [1.54, 1.807) is 37.4 Å². The quantitative estimate of drug-likeness (QED) is 0.704. The maximum absolute atomic E-state index is 13.3. The molecular weight excluding hydrogens is 423 g/mol. The van der Waals surface area contributed by atoms with E-state index in [0.717, 1.165) is 21.2 Å². The van der Waals surface area contributed by atoms with Gasteiger partial charge in [-0.2, -0.15) is 13.2 Å². The fourth-order valence-electron chi connectivity index (χ4n) is 3.81. The zero-order valence-corrected chi connectivity index (χ0v) is 16.4. The number of nitrogen functional groups attached to an aromatic ring is 1. The molecule has 146 valence electrons. The van der Waals surface area contributed by atoms with Crippen molar-refractivity contribution in [2.75, 3.05) is 18.9 Å². The van der Waals surface area contributed by atoms with Gasteiger partial charge in [-0.3, -0.25) is 9.88 Å². The summed E-state index contributed by atoms with van der Waals surface area (Å²) in [5, 5.41) is 9.40. The van der Waals surface area contributed by atoms with Gasteiger partial charge in [0.2, 0.25) is 0 Å². The smallest absolute Gasteiger partial charge is 0.398 e. The number of nitrogens with two attached hydrogens (primary N) is 1. The van der Waals surface area contributed by atoms with E-state index < -0.39 is 18.8 Å². The largest absolute Gasteiger partial charge is 0.401 e. The predicted octanol–water partition coefficient (Wildman–Crippen LogP) is 3.86. The van der Waals surface area contributed by atoms with Crippen LogP contribution in [0.2, 0.25) is 0 Å². The summed E-state index contributed by atoms with van der Waals surface area (Å²) >= 11 is 3.32. The van der Waals surface area contributed by atoms with Crippen LogP contribution in [0, 0.1) is 0 Å². The number of aliphatic hydroxyl groups excluding tert-OH is 1. The van der Waals surface area contributed by atoms with Crippen molar-refractivity contribution in [2.45, 2.75) is 38.0 Å². The highest BCUT2D eigenvalue weighted by Gasteiger charge is 2.41. The topological polar surface area (TPSA) is 62.4 Å². The van der Waals surface area contributed by atoms with E-state index in [-0.39, 0.29) is 12.6 Å². The van der Waals surface area contributed by atoms with Crippen molar-refractivity contribution in [2.24, 2.45) is 0 Å². The molecule has 2 heterocycles. The summed E-state index contributed by atoms with van der Waals surface area (Å²) in [6, 6.07) is 6.03. The van der Waals surface area contributed by atoms with E-state index in [1.165, 1.54) is 4.90 Å². The Morgan fingerprint density at radius 1 is 1.30 bits per heavy atom. The highest BCUT2D eigenvalue weighted by molar-refractivity contribution is 9.10. The molecule has 0 fully saturated rings. The summed E-state index contributed by atoms with van der Waals surface area (Å²) < 4.78 is 40.6. The lowest BCUT2D eigenvalue weighted by atomic mass is 9.82. The number of halogens is 4. The van der Waals surface area contributed by atoms with Gasteiger partial charge in [-0.05, 0) is 70.6 Å². The molecule has 4 nitrogen and oxygen atoms in total. The van der Waals surface area contributed by atoms with E-state index in [1.807, 2.05) is 0 Å². The Morgan fingerprint density at radius 3 is 2.63 bits per heavy atom. The van der Waals surface area contributed by atoms with Crippen molar-refractivity contribution in [1.82, 2.24) is 9.88 Å². The zero-order chi connectivity index (χ0) is 19.8. The number of hydrogen-bond donors (Lipinski definition) is 2. The molecule has 0 bridgehead atoms. The molecular formula is C19H21BrF3N3O. The Morgan fingerprint density at radius 2 is 2.04 bits per heavy atom.